The number of para-hydroxylation sites is 2. The number of rotatable bonds is 5. The molecular weight excluding hydrogens is 336 g/mol. The van der Waals surface area contributed by atoms with E-state index in [-0.39, 0.29) is 18.7 Å². The van der Waals surface area contributed by atoms with Crippen LogP contribution in [0.15, 0.2) is 58.7 Å². The Morgan fingerprint density at radius 1 is 0.960 bits per heavy atom. The molecule has 4 rings (SSSR count). The lowest BCUT2D eigenvalue weighted by molar-refractivity contribution is -0.0476. The predicted octanol–water partition coefficient (Wildman–Crippen LogP) is 2.77. The zero-order chi connectivity index (χ0) is 17.4. The molecule has 2 aromatic heterocycles. The second kappa shape index (κ2) is 6.48. The van der Waals surface area contributed by atoms with Crippen molar-refractivity contribution in [2.75, 3.05) is 0 Å². The molecule has 0 unspecified atom stereocenters. The van der Waals surface area contributed by atoms with Crippen LogP contribution in [0.1, 0.15) is 12.0 Å². The zero-order valence-corrected chi connectivity index (χ0v) is 14.3. The number of aryl methyl sites for hydroxylation is 1. The van der Waals surface area contributed by atoms with E-state index in [1.165, 1.54) is 10.1 Å². The molecule has 4 aromatic rings. The molecule has 6 heteroatoms. The standard InChI is InChI=1S/C19H18N2O3S/c22-17(23)8-10-20-15-6-1-2-7-16(15)21(19(20)24)12-14-5-3-4-13-9-11-25-18(13)14/h1-7,9,11,17,22-23H,8,10,12H2. The van der Waals surface area contributed by atoms with Gasteiger partial charge in [-0.1, -0.05) is 30.3 Å². The lowest BCUT2D eigenvalue weighted by Gasteiger charge is -2.06. The largest absolute Gasteiger partial charge is 0.368 e. The van der Waals surface area contributed by atoms with Gasteiger partial charge in [-0.15, -0.1) is 11.3 Å². The molecule has 2 aromatic carbocycles. The van der Waals surface area contributed by atoms with Crippen LogP contribution in [0.3, 0.4) is 0 Å². The van der Waals surface area contributed by atoms with Gasteiger partial charge < -0.3 is 10.2 Å². The van der Waals surface area contributed by atoms with Crippen LogP contribution >= 0.6 is 11.3 Å². The lowest BCUT2D eigenvalue weighted by atomic mass is 10.1. The first-order valence-electron chi connectivity index (χ1n) is 8.14. The average molecular weight is 354 g/mol. The van der Waals surface area contributed by atoms with Crippen molar-refractivity contribution in [1.29, 1.82) is 0 Å². The molecule has 0 saturated heterocycles. The molecule has 25 heavy (non-hydrogen) atoms. The molecule has 0 aliphatic heterocycles. The van der Waals surface area contributed by atoms with Crippen molar-refractivity contribution in [3.63, 3.8) is 0 Å². The number of benzene rings is 2. The minimum absolute atomic E-state index is 0.119. The van der Waals surface area contributed by atoms with Gasteiger partial charge in [0.25, 0.3) is 0 Å². The molecule has 128 valence electrons. The first-order valence-corrected chi connectivity index (χ1v) is 9.02. The predicted molar refractivity (Wildman–Crippen MR) is 100.0 cm³/mol. The van der Waals surface area contributed by atoms with Gasteiger partial charge in [-0.3, -0.25) is 9.13 Å². The van der Waals surface area contributed by atoms with Crippen LogP contribution < -0.4 is 5.69 Å². The highest BCUT2D eigenvalue weighted by molar-refractivity contribution is 7.17. The van der Waals surface area contributed by atoms with Crippen LogP contribution in [0.5, 0.6) is 0 Å². The fourth-order valence-electron chi connectivity index (χ4n) is 3.24. The smallest absolute Gasteiger partial charge is 0.329 e. The summed E-state index contributed by atoms with van der Waals surface area (Å²) in [5.41, 5.74) is 2.65. The highest BCUT2D eigenvalue weighted by atomic mass is 32.1. The van der Waals surface area contributed by atoms with Crippen molar-refractivity contribution in [1.82, 2.24) is 9.13 Å². The van der Waals surface area contributed by atoms with Gasteiger partial charge in [0, 0.05) is 17.7 Å². The number of fused-ring (bicyclic) bond motifs is 2. The summed E-state index contributed by atoms with van der Waals surface area (Å²) in [7, 11) is 0. The lowest BCUT2D eigenvalue weighted by Crippen LogP contribution is -2.26. The fraction of sp³-hybridized carbons (Fsp3) is 0.211. The van der Waals surface area contributed by atoms with Gasteiger partial charge in [-0.25, -0.2) is 4.79 Å². The zero-order valence-electron chi connectivity index (χ0n) is 13.5. The van der Waals surface area contributed by atoms with Crippen molar-refractivity contribution >= 4 is 32.5 Å². The first-order chi connectivity index (χ1) is 12.1. The molecule has 0 spiro atoms. The Hall–Kier alpha value is -2.41. The highest BCUT2D eigenvalue weighted by Crippen LogP contribution is 2.26. The number of imidazole rings is 1. The van der Waals surface area contributed by atoms with Gasteiger partial charge in [0.1, 0.15) is 0 Å². The third-order valence-corrected chi connectivity index (χ3v) is 5.43. The van der Waals surface area contributed by atoms with Crippen molar-refractivity contribution < 1.29 is 10.2 Å². The second-order valence-electron chi connectivity index (χ2n) is 6.03. The van der Waals surface area contributed by atoms with E-state index in [1.807, 2.05) is 30.3 Å². The van der Waals surface area contributed by atoms with E-state index >= 15 is 0 Å². The fourth-order valence-corrected chi connectivity index (χ4v) is 4.14. The van der Waals surface area contributed by atoms with Gasteiger partial charge in [0.2, 0.25) is 0 Å². The van der Waals surface area contributed by atoms with Gasteiger partial charge in [-0.2, -0.15) is 0 Å². The van der Waals surface area contributed by atoms with E-state index in [0.717, 1.165) is 16.6 Å². The second-order valence-corrected chi connectivity index (χ2v) is 6.95. The van der Waals surface area contributed by atoms with E-state index < -0.39 is 6.29 Å². The molecule has 0 saturated carbocycles. The number of aliphatic hydroxyl groups is 2. The quantitative estimate of drug-likeness (QED) is 0.542. The monoisotopic (exact) mass is 354 g/mol. The molecule has 0 amide bonds. The van der Waals surface area contributed by atoms with E-state index in [1.54, 1.807) is 20.5 Å². The van der Waals surface area contributed by atoms with Crippen LogP contribution in [0.4, 0.5) is 0 Å². The summed E-state index contributed by atoms with van der Waals surface area (Å²) >= 11 is 1.68. The molecule has 2 N–H and O–H groups in total. The summed E-state index contributed by atoms with van der Waals surface area (Å²) in [6.45, 7) is 0.763. The summed E-state index contributed by atoms with van der Waals surface area (Å²) in [6.07, 6.45) is -1.30. The molecule has 0 aliphatic carbocycles. The van der Waals surface area contributed by atoms with E-state index in [0.29, 0.717) is 6.54 Å². The minimum atomic E-state index is -1.42. The van der Waals surface area contributed by atoms with Crippen molar-refractivity contribution in [3.05, 3.63) is 70.0 Å². The molecule has 2 heterocycles. The summed E-state index contributed by atoms with van der Waals surface area (Å²) < 4.78 is 4.56. The number of thiophene rings is 1. The normalized spacial score (nSPS) is 11.8. The third kappa shape index (κ3) is 2.89. The van der Waals surface area contributed by atoms with Gasteiger partial charge >= 0.3 is 5.69 Å². The number of hydrogen-bond donors (Lipinski definition) is 2. The van der Waals surface area contributed by atoms with Gasteiger partial charge in [0.15, 0.2) is 6.29 Å². The van der Waals surface area contributed by atoms with Crippen LogP contribution in [0, 0.1) is 0 Å². The molecule has 0 bridgehead atoms. The number of aromatic nitrogens is 2. The summed E-state index contributed by atoms with van der Waals surface area (Å²) in [4.78, 5) is 12.9. The Bertz CT molecular complexity index is 1090. The maximum absolute atomic E-state index is 12.9. The third-order valence-electron chi connectivity index (χ3n) is 4.43. The maximum atomic E-state index is 12.9. The summed E-state index contributed by atoms with van der Waals surface area (Å²) in [5.74, 6) is 0. The van der Waals surface area contributed by atoms with Crippen LogP contribution in [-0.4, -0.2) is 25.6 Å². The van der Waals surface area contributed by atoms with E-state index in [9.17, 15) is 4.79 Å². The SMILES string of the molecule is O=c1n(CCC(O)O)c2ccccc2n1Cc1cccc2ccsc12. The molecule has 0 fully saturated rings. The molecule has 0 aliphatic rings. The van der Waals surface area contributed by atoms with Gasteiger partial charge in [0.05, 0.1) is 17.6 Å². The highest BCUT2D eigenvalue weighted by Gasteiger charge is 2.15. The number of nitrogens with zero attached hydrogens (tertiary/aromatic N) is 2. The number of hydrogen-bond acceptors (Lipinski definition) is 4. The van der Waals surface area contributed by atoms with E-state index in [2.05, 4.69) is 23.6 Å². The van der Waals surface area contributed by atoms with Gasteiger partial charge in [-0.05, 0) is 34.5 Å². The minimum Gasteiger partial charge on any atom is -0.368 e. The van der Waals surface area contributed by atoms with E-state index in [4.69, 9.17) is 10.2 Å². The Balaban J connectivity index is 1.83. The maximum Gasteiger partial charge on any atom is 0.329 e. The van der Waals surface area contributed by atoms with Crippen LogP contribution in [0.25, 0.3) is 21.1 Å². The average Bonchev–Trinajstić information content (AvgIpc) is 3.18. The molecule has 5 nitrogen and oxygen atoms in total. The molecule has 0 radical (unpaired) electrons. The Morgan fingerprint density at radius 2 is 1.72 bits per heavy atom. The molecular formula is C19H18N2O3S. The van der Waals surface area contributed by atoms with Crippen molar-refractivity contribution in [2.45, 2.75) is 25.8 Å². The first kappa shape index (κ1) is 16.1. The van der Waals surface area contributed by atoms with Crippen molar-refractivity contribution in [3.8, 4) is 0 Å². The Labute approximate surface area is 148 Å². The Morgan fingerprint density at radius 3 is 2.48 bits per heavy atom. The van der Waals surface area contributed by atoms with Crippen molar-refractivity contribution in [2.24, 2.45) is 0 Å². The topological polar surface area (TPSA) is 67.4 Å². The summed E-state index contributed by atoms with van der Waals surface area (Å²) in [6, 6.07) is 15.8. The number of aliphatic hydroxyl groups excluding tert-OH is 1. The van der Waals surface area contributed by atoms with Crippen LogP contribution in [0.2, 0.25) is 0 Å². The Kier molecular flexibility index (Phi) is 4.17. The summed E-state index contributed by atoms with van der Waals surface area (Å²) in [5, 5.41) is 21.5. The van der Waals surface area contributed by atoms with Crippen LogP contribution in [-0.2, 0) is 13.1 Å². The molecule has 0 atom stereocenters.